The van der Waals surface area contributed by atoms with Crippen LogP contribution in [-0.2, 0) is 17.6 Å². The van der Waals surface area contributed by atoms with Crippen LogP contribution in [0.3, 0.4) is 0 Å². The van der Waals surface area contributed by atoms with Gasteiger partial charge in [-0.15, -0.1) is 0 Å². The number of pyridine rings is 1. The zero-order chi connectivity index (χ0) is 21.0. The second-order valence-corrected chi connectivity index (χ2v) is 7.53. The molecule has 0 atom stereocenters. The number of halogens is 1. The van der Waals surface area contributed by atoms with E-state index in [4.69, 9.17) is 19.4 Å². The first-order valence-corrected chi connectivity index (χ1v) is 10.6. The number of anilines is 3. The molecule has 1 saturated heterocycles. The summed E-state index contributed by atoms with van der Waals surface area (Å²) in [7, 11) is 0. The highest BCUT2D eigenvalue weighted by Gasteiger charge is 2.29. The lowest BCUT2D eigenvalue weighted by molar-refractivity contribution is 0.122. The third-order valence-corrected chi connectivity index (χ3v) is 5.51. The Labute approximate surface area is 180 Å². The van der Waals surface area contributed by atoms with Crippen LogP contribution in [0.4, 0.5) is 21.8 Å². The van der Waals surface area contributed by atoms with Crippen molar-refractivity contribution in [1.29, 1.82) is 0 Å². The monoisotopic (exact) mass is 421 g/mol. The quantitative estimate of drug-likeness (QED) is 0.606. The molecule has 0 N–H and O–H groups in total. The number of benzene rings is 1. The summed E-state index contributed by atoms with van der Waals surface area (Å²) in [4.78, 5) is 18.1. The van der Waals surface area contributed by atoms with Gasteiger partial charge < -0.3 is 19.3 Å². The molecule has 0 unspecified atom stereocenters. The minimum absolute atomic E-state index is 0.264. The normalized spacial score (nSPS) is 15.8. The molecule has 1 aromatic carbocycles. The van der Waals surface area contributed by atoms with Gasteiger partial charge in [-0.1, -0.05) is 12.1 Å². The second-order valence-electron chi connectivity index (χ2n) is 7.53. The van der Waals surface area contributed by atoms with E-state index in [1.54, 1.807) is 12.3 Å². The summed E-state index contributed by atoms with van der Waals surface area (Å²) in [6, 6.07) is 12.5. The van der Waals surface area contributed by atoms with Crippen molar-refractivity contribution in [3.8, 4) is 5.88 Å². The van der Waals surface area contributed by atoms with Crippen molar-refractivity contribution in [1.82, 2.24) is 15.0 Å². The topological polar surface area (TPSA) is 63.6 Å². The van der Waals surface area contributed by atoms with Crippen molar-refractivity contribution in [3.05, 3.63) is 65.7 Å². The van der Waals surface area contributed by atoms with Crippen LogP contribution in [0, 0.1) is 5.82 Å². The van der Waals surface area contributed by atoms with E-state index >= 15 is 0 Å². The fourth-order valence-corrected chi connectivity index (χ4v) is 3.93. The maximum Gasteiger partial charge on any atom is 0.230 e. The summed E-state index contributed by atoms with van der Waals surface area (Å²) in [6.07, 6.45) is 3.22. The predicted octanol–water partition coefficient (Wildman–Crippen LogP) is 3.16. The third-order valence-electron chi connectivity index (χ3n) is 5.51. The summed E-state index contributed by atoms with van der Waals surface area (Å²) < 4.78 is 25.5. The Morgan fingerprint density at radius 1 is 1.03 bits per heavy atom. The van der Waals surface area contributed by atoms with E-state index in [0.29, 0.717) is 44.6 Å². The first-order valence-electron chi connectivity index (χ1n) is 10.6. The van der Waals surface area contributed by atoms with Gasteiger partial charge in [0.2, 0.25) is 11.8 Å². The van der Waals surface area contributed by atoms with Crippen LogP contribution >= 0.6 is 0 Å². The fourth-order valence-electron chi connectivity index (χ4n) is 3.93. The van der Waals surface area contributed by atoms with Gasteiger partial charge in [0.05, 0.1) is 25.4 Å². The Kier molecular flexibility index (Phi) is 5.62. The molecule has 5 rings (SSSR count). The largest absolute Gasteiger partial charge is 0.477 e. The molecule has 4 heterocycles. The number of nitrogens with zero attached hydrogens (tertiary/aromatic N) is 5. The molecule has 2 aliphatic heterocycles. The van der Waals surface area contributed by atoms with Crippen LogP contribution in [-0.4, -0.2) is 54.4 Å². The molecule has 1 fully saturated rings. The van der Waals surface area contributed by atoms with Gasteiger partial charge in [0.1, 0.15) is 11.6 Å². The highest BCUT2D eigenvalue weighted by Crippen LogP contribution is 2.38. The Hall–Kier alpha value is -3.26. The van der Waals surface area contributed by atoms with E-state index in [1.165, 1.54) is 12.1 Å². The first-order chi connectivity index (χ1) is 15.3. The molecule has 0 radical (unpaired) electrons. The van der Waals surface area contributed by atoms with Crippen LogP contribution < -0.4 is 14.5 Å². The fraction of sp³-hybridized carbons (Fsp3) is 0.348. The van der Waals surface area contributed by atoms with Gasteiger partial charge in [0.15, 0.2) is 0 Å². The minimum atomic E-state index is -0.264. The molecule has 2 aliphatic rings. The molecule has 0 amide bonds. The standard InChI is InChI=1S/C23H24FN5O2/c24-17-4-3-6-19(16-17)29-10-7-20-21(29)26-23(28-11-14-30-15-12-28)27-22(20)31-13-8-18-5-1-2-9-25-18/h1-6,9,16H,7-8,10-15H2. The zero-order valence-corrected chi connectivity index (χ0v) is 17.2. The van der Waals surface area contributed by atoms with Crippen molar-refractivity contribution >= 4 is 17.5 Å². The van der Waals surface area contributed by atoms with Crippen LogP contribution in [0.25, 0.3) is 0 Å². The molecule has 31 heavy (non-hydrogen) atoms. The maximum absolute atomic E-state index is 13.9. The zero-order valence-electron chi connectivity index (χ0n) is 17.2. The molecule has 0 aliphatic carbocycles. The van der Waals surface area contributed by atoms with Crippen molar-refractivity contribution < 1.29 is 13.9 Å². The Morgan fingerprint density at radius 3 is 2.74 bits per heavy atom. The van der Waals surface area contributed by atoms with Gasteiger partial charge in [0, 0.05) is 43.6 Å². The number of aromatic nitrogens is 3. The van der Waals surface area contributed by atoms with Crippen LogP contribution in [0.15, 0.2) is 48.7 Å². The average molecular weight is 421 g/mol. The van der Waals surface area contributed by atoms with Gasteiger partial charge in [-0.05, 0) is 36.8 Å². The van der Waals surface area contributed by atoms with E-state index in [1.807, 2.05) is 29.2 Å². The number of morpholine rings is 1. The summed E-state index contributed by atoms with van der Waals surface area (Å²) in [5, 5.41) is 0. The molecule has 8 heteroatoms. The second kappa shape index (κ2) is 8.85. The van der Waals surface area contributed by atoms with Gasteiger partial charge in [-0.3, -0.25) is 4.98 Å². The van der Waals surface area contributed by atoms with E-state index in [-0.39, 0.29) is 5.82 Å². The van der Waals surface area contributed by atoms with Gasteiger partial charge in [-0.25, -0.2) is 4.39 Å². The third kappa shape index (κ3) is 4.29. The van der Waals surface area contributed by atoms with Crippen LogP contribution in [0.5, 0.6) is 5.88 Å². The molecule has 0 saturated carbocycles. The minimum Gasteiger partial charge on any atom is -0.477 e. The number of ether oxygens (including phenoxy) is 2. The lowest BCUT2D eigenvalue weighted by atomic mass is 10.2. The van der Waals surface area contributed by atoms with Crippen molar-refractivity contribution in [2.75, 3.05) is 49.3 Å². The van der Waals surface area contributed by atoms with Crippen molar-refractivity contribution in [2.45, 2.75) is 12.8 Å². The lowest BCUT2D eigenvalue weighted by Gasteiger charge is -2.28. The highest BCUT2D eigenvalue weighted by atomic mass is 19.1. The molecule has 2 aromatic heterocycles. The number of fused-ring (bicyclic) bond motifs is 1. The smallest absolute Gasteiger partial charge is 0.230 e. The number of rotatable bonds is 6. The molecule has 0 bridgehead atoms. The Morgan fingerprint density at radius 2 is 1.94 bits per heavy atom. The Balaban J connectivity index is 1.45. The molecule has 160 valence electrons. The van der Waals surface area contributed by atoms with Gasteiger partial charge >= 0.3 is 0 Å². The summed E-state index contributed by atoms with van der Waals surface area (Å²) in [6.45, 7) is 3.92. The number of hydrogen-bond acceptors (Lipinski definition) is 7. The van der Waals surface area contributed by atoms with E-state index in [0.717, 1.165) is 42.3 Å². The first kappa shape index (κ1) is 19.7. The van der Waals surface area contributed by atoms with E-state index in [2.05, 4.69) is 9.88 Å². The molecule has 0 spiro atoms. The summed E-state index contributed by atoms with van der Waals surface area (Å²) >= 11 is 0. The SMILES string of the molecule is Fc1cccc(N2CCc3c(OCCc4ccccn4)nc(N4CCOCC4)nc32)c1. The molecule has 7 nitrogen and oxygen atoms in total. The van der Waals surface area contributed by atoms with Crippen LogP contribution in [0.2, 0.25) is 0 Å². The highest BCUT2D eigenvalue weighted by molar-refractivity contribution is 5.69. The van der Waals surface area contributed by atoms with E-state index < -0.39 is 0 Å². The summed E-state index contributed by atoms with van der Waals surface area (Å²) in [5.41, 5.74) is 2.72. The Bertz CT molecular complexity index is 1040. The number of hydrogen-bond donors (Lipinski definition) is 0. The maximum atomic E-state index is 13.9. The predicted molar refractivity (Wildman–Crippen MR) is 116 cm³/mol. The average Bonchev–Trinajstić information content (AvgIpc) is 3.25. The molecule has 3 aromatic rings. The van der Waals surface area contributed by atoms with Crippen molar-refractivity contribution in [2.24, 2.45) is 0 Å². The molecular weight excluding hydrogens is 397 g/mol. The van der Waals surface area contributed by atoms with E-state index in [9.17, 15) is 4.39 Å². The van der Waals surface area contributed by atoms with Crippen molar-refractivity contribution in [3.63, 3.8) is 0 Å². The summed E-state index contributed by atoms with van der Waals surface area (Å²) in [5.74, 6) is 1.75. The molecular formula is C23H24FN5O2. The van der Waals surface area contributed by atoms with Crippen LogP contribution in [0.1, 0.15) is 11.3 Å². The van der Waals surface area contributed by atoms with Gasteiger partial charge in [-0.2, -0.15) is 9.97 Å². The van der Waals surface area contributed by atoms with Gasteiger partial charge in [0.25, 0.3) is 0 Å². The lowest BCUT2D eigenvalue weighted by Crippen LogP contribution is -2.37.